The second-order valence-electron chi connectivity index (χ2n) is 5.47. The molecule has 0 fully saturated rings. The van der Waals surface area contributed by atoms with Crippen LogP contribution in [0.1, 0.15) is 32.4 Å². The van der Waals surface area contributed by atoms with Gasteiger partial charge in [0.1, 0.15) is 0 Å². The second kappa shape index (κ2) is 9.21. The van der Waals surface area contributed by atoms with Crippen LogP contribution in [0.3, 0.4) is 0 Å². The Bertz CT molecular complexity index is 433. The summed E-state index contributed by atoms with van der Waals surface area (Å²) in [5, 5.41) is 10.8. The molecular formula is C17H26ClNO2. The molecule has 1 rings (SSSR count). The van der Waals surface area contributed by atoms with Crippen LogP contribution in [-0.4, -0.2) is 42.4 Å². The summed E-state index contributed by atoms with van der Waals surface area (Å²) in [6.07, 6.45) is -0.563. The fourth-order valence-corrected chi connectivity index (χ4v) is 2.25. The first-order valence-electron chi connectivity index (χ1n) is 7.34. The lowest BCUT2D eigenvalue weighted by Crippen LogP contribution is -2.36. The molecule has 0 spiro atoms. The maximum Gasteiger partial charge on any atom is 0.0900 e. The second-order valence-corrected chi connectivity index (χ2v) is 5.90. The molecule has 0 aliphatic heterocycles. The first-order chi connectivity index (χ1) is 9.92. The maximum atomic E-state index is 10.1. The molecule has 0 amide bonds. The van der Waals surface area contributed by atoms with Gasteiger partial charge in [0.15, 0.2) is 0 Å². The van der Waals surface area contributed by atoms with Gasteiger partial charge < -0.3 is 9.84 Å². The molecule has 1 aromatic carbocycles. The Labute approximate surface area is 133 Å². The molecule has 118 valence electrons. The Balaban J connectivity index is 2.39. The van der Waals surface area contributed by atoms with Crippen LogP contribution < -0.4 is 0 Å². The van der Waals surface area contributed by atoms with Crippen molar-refractivity contribution >= 4 is 11.6 Å². The highest BCUT2D eigenvalue weighted by molar-refractivity contribution is 6.30. The zero-order valence-electron chi connectivity index (χ0n) is 13.2. The Morgan fingerprint density at radius 3 is 2.52 bits per heavy atom. The lowest BCUT2D eigenvalue weighted by molar-refractivity contribution is -0.0142. The first-order valence-corrected chi connectivity index (χ1v) is 7.72. The van der Waals surface area contributed by atoms with E-state index in [-0.39, 0.29) is 6.10 Å². The molecule has 0 aromatic heterocycles. The number of nitrogens with zero attached hydrogens (tertiary/aromatic N) is 1. The van der Waals surface area contributed by atoms with Crippen molar-refractivity contribution in [2.75, 3.05) is 26.2 Å². The third-order valence-corrected chi connectivity index (χ3v) is 3.54. The monoisotopic (exact) mass is 311 g/mol. The summed E-state index contributed by atoms with van der Waals surface area (Å²) in [5.41, 5.74) is 2.15. The summed E-state index contributed by atoms with van der Waals surface area (Å²) in [7, 11) is 0. The van der Waals surface area contributed by atoms with Crippen LogP contribution in [0.2, 0.25) is 5.02 Å². The van der Waals surface area contributed by atoms with Crippen LogP contribution in [0.4, 0.5) is 0 Å². The van der Waals surface area contributed by atoms with E-state index in [1.807, 2.05) is 38.1 Å². The van der Waals surface area contributed by atoms with E-state index >= 15 is 0 Å². The van der Waals surface area contributed by atoms with E-state index in [1.54, 1.807) is 0 Å². The third-order valence-electron chi connectivity index (χ3n) is 3.29. The quantitative estimate of drug-likeness (QED) is 0.706. The molecule has 4 heteroatoms. The summed E-state index contributed by atoms with van der Waals surface area (Å²) >= 11 is 5.87. The summed E-state index contributed by atoms with van der Waals surface area (Å²) in [5.74, 6) is 0. The zero-order chi connectivity index (χ0) is 15.8. The van der Waals surface area contributed by atoms with E-state index in [0.717, 1.165) is 24.2 Å². The van der Waals surface area contributed by atoms with Crippen molar-refractivity contribution in [3.05, 3.63) is 47.0 Å². The Morgan fingerprint density at radius 2 is 2.00 bits per heavy atom. The SMILES string of the molecule is C=C(C)CN(CC)C[C@H](O)CO[C@H](C)c1ccc(Cl)cc1. The van der Waals surface area contributed by atoms with Crippen molar-refractivity contribution in [1.29, 1.82) is 0 Å². The molecule has 0 heterocycles. The Morgan fingerprint density at radius 1 is 1.38 bits per heavy atom. The van der Waals surface area contributed by atoms with E-state index in [2.05, 4.69) is 18.4 Å². The predicted molar refractivity (Wildman–Crippen MR) is 88.8 cm³/mol. The number of halogens is 1. The molecule has 0 radical (unpaired) electrons. The molecule has 0 bridgehead atoms. The number of hydrogen-bond donors (Lipinski definition) is 1. The van der Waals surface area contributed by atoms with Crippen molar-refractivity contribution in [3.63, 3.8) is 0 Å². The number of aliphatic hydroxyl groups is 1. The zero-order valence-corrected chi connectivity index (χ0v) is 13.9. The Kier molecular flexibility index (Phi) is 7.97. The molecule has 0 unspecified atom stereocenters. The summed E-state index contributed by atoms with van der Waals surface area (Å²) in [6, 6.07) is 7.58. The highest BCUT2D eigenvalue weighted by atomic mass is 35.5. The largest absolute Gasteiger partial charge is 0.389 e. The molecule has 21 heavy (non-hydrogen) atoms. The van der Waals surface area contributed by atoms with Gasteiger partial charge in [-0.05, 0) is 38.1 Å². The number of aliphatic hydroxyl groups excluding tert-OH is 1. The van der Waals surface area contributed by atoms with Gasteiger partial charge in [-0.2, -0.15) is 0 Å². The van der Waals surface area contributed by atoms with Gasteiger partial charge in [0.2, 0.25) is 0 Å². The highest BCUT2D eigenvalue weighted by Crippen LogP contribution is 2.19. The molecule has 1 N–H and O–H groups in total. The fraction of sp³-hybridized carbons (Fsp3) is 0.529. The Hall–Kier alpha value is -0.870. The standard InChI is InChI=1S/C17H26ClNO2/c1-5-19(10-13(2)3)11-17(20)12-21-14(4)15-6-8-16(18)9-7-15/h6-9,14,17,20H,2,5,10-12H2,1,3-4H3/t14-,17+/m1/s1. The van der Waals surface area contributed by atoms with Gasteiger partial charge >= 0.3 is 0 Å². The summed E-state index contributed by atoms with van der Waals surface area (Å²) in [6.45, 7) is 12.6. The van der Waals surface area contributed by atoms with Gasteiger partial charge in [0.25, 0.3) is 0 Å². The van der Waals surface area contributed by atoms with E-state index in [0.29, 0.717) is 18.2 Å². The molecule has 0 saturated carbocycles. The van der Waals surface area contributed by atoms with Crippen molar-refractivity contribution in [3.8, 4) is 0 Å². The number of ether oxygens (including phenoxy) is 1. The summed E-state index contributed by atoms with van der Waals surface area (Å²) in [4.78, 5) is 2.16. The predicted octanol–water partition coefficient (Wildman–Crippen LogP) is 3.68. The molecule has 0 saturated heterocycles. The van der Waals surface area contributed by atoms with Gasteiger partial charge in [0, 0.05) is 18.1 Å². The van der Waals surface area contributed by atoms with E-state index in [1.165, 1.54) is 0 Å². The normalized spacial score (nSPS) is 14.2. The summed E-state index contributed by atoms with van der Waals surface area (Å²) < 4.78 is 5.74. The number of likely N-dealkylation sites (N-methyl/N-ethyl adjacent to an activating group) is 1. The van der Waals surface area contributed by atoms with Crippen LogP contribution in [-0.2, 0) is 4.74 Å². The fourth-order valence-electron chi connectivity index (χ4n) is 2.12. The molecule has 1 aromatic rings. The lowest BCUT2D eigenvalue weighted by atomic mass is 10.1. The van der Waals surface area contributed by atoms with Crippen LogP contribution in [0.5, 0.6) is 0 Å². The van der Waals surface area contributed by atoms with Crippen molar-refractivity contribution in [1.82, 2.24) is 4.90 Å². The van der Waals surface area contributed by atoms with Gasteiger partial charge in [0.05, 0.1) is 18.8 Å². The van der Waals surface area contributed by atoms with Crippen LogP contribution in [0, 0.1) is 0 Å². The maximum absolute atomic E-state index is 10.1. The third kappa shape index (κ3) is 7.09. The average Bonchev–Trinajstić information content (AvgIpc) is 2.44. The van der Waals surface area contributed by atoms with E-state index < -0.39 is 6.10 Å². The van der Waals surface area contributed by atoms with Crippen molar-refractivity contribution < 1.29 is 9.84 Å². The van der Waals surface area contributed by atoms with Gasteiger partial charge in [-0.3, -0.25) is 4.90 Å². The molecule has 0 aliphatic rings. The minimum Gasteiger partial charge on any atom is -0.389 e. The lowest BCUT2D eigenvalue weighted by Gasteiger charge is -2.24. The van der Waals surface area contributed by atoms with Crippen molar-refractivity contribution in [2.45, 2.75) is 33.0 Å². The van der Waals surface area contributed by atoms with E-state index in [4.69, 9.17) is 16.3 Å². The first kappa shape index (κ1) is 18.2. The van der Waals surface area contributed by atoms with Gasteiger partial charge in [-0.1, -0.05) is 42.8 Å². The van der Waals surface area contributed by atoms with E-state index in [9.17, 15) is 5.11 Å². The molecule has 3 nitrogen and oxygen atoms in total. The van der Waals surface area contributed by atoms with Crippen LogP contribution >= 0.6 is 11.6 Å². The molecule has 2 atom stereocenters. The highest BCUT2D eigenvalue weighted by Gasteiger charge is 2.13. The van der Waals surface area contributed by atoms with Crippen LogP contribution in [0.15, 0.2) is 36.4 Å². The van der Waals surface area contributed by atoms with Gasteiger partial charge in [-0.15, -0.1) is 0 Å². The van der Waals surface area contributed by atoms with Crippen LogP contribution in [0.25, 0.3) is 0 Å². The minimum absolute atomic E-state index is 0.0619. The molecule has 0 aliphatic carbocycles. The average molecular weight is 312 g/mol. The number of rotatable bonds is 9. The minimum atomic E-state index is -0.501. The van der Waals surface area contributed by atoms with Crippen molar-refractivity contribution in [2.24, 2.45) is 0 Å². The van der Waals surface area contributed by atoms with Gasteiger partial charge in [-0.25, -0.2) is 0 Å². The number of hydrogen-bond acceptors (Lipinski definition) is 3. The smallest absolute Gasteiger partial charge is 0.0900 e. The number of benzene rings is 1. The molecular weight excluding hydrogens is 286 g/mol. The topological polar surface area (TPSA) is 32.7 Å².